The number of carbonyl (C=O) groups excluding carboxylic acids is 1. The summed E-state index contributed by atoms with van der Waals surface area (Å²) >= 11 is 1.32. The van der Waals surface area contributed by atoms with Gasteiger partial charge in [-0.2, -0.15) is 5.10 Å². The molecule has 0 saturated heterocycles. The van der Waals surface area contributed by atoms with E-state index in [-0.39, 0.29) is 5.91 Å². The first-order chi connectivity index (χ1) is 9.78. The number of fused-ring (bicyclic) bond motifs is 1. The molecule has 0 saturated carbocycles. The zero-order valence-electron chi connectivity index (χ0n) is 12.6. The third-order valence-electron chi connectivity index (χ3n) is 3.53. The van der Waals surface area contributed by atoms with Crippen LogP contribution >= 0.6 is 11.3 Å². The number of hydrogen-bond acceptors (Lipinski definition) is 4. The molecule has 0 aliphatic carbocycles. The first-order valence-electron chi connectivity index (χ1n) is 6.77. The van der Waals surface area contributed by atoms with Crippen LogP contribution in [0.4, 0.5) is 0 Å². The standard InChI is InChI=1S/C14H19N3O3S/c1-5-6-14(3,13(19)20)15-11(18)10-7-9-8(2)16-17(4)12(9)21-10/h7H,5-6H2,1-4H3,(H,15,18)(H,19,20)/t14-/m1/s1. The largest absolute Gasteiger partial charge is 0.480 e. The average molecular weight is 309 g/mol. The van der Waals surface area contributed by atoms with Crippen molar-refractivity contribution in [3.63, 3.8) is 0 Å². The molecule has 7 heteroatoms. The van der Waals surface area contributed by atoms with Crippen LogP contribution in [-0.4, -0.2) is 32.3 Å². The Morgan fingerprint density at radius 2 is 2.19 bits per heavy atom. The van der Waals surface area contributed by atoms with Crippen molar-refractivity contribution in [2.75, 3.05) is 0 Å². The highest BCUT2D eigenvalue weighted by Gasteiger charge is 2.34. The van der Waals surface area contributed by atoms with E-state index in [0.29, 0.717) is 17.7 Å². The molecule has 114 valence electrons. The minimum absolute atomic E-state index is 0.353. The quantitative estimate of drug-likeness (QED) is 0.887. The van der Waals surface area contributed by atoms with Crippen molar-refractivity contribution in [3.8, 4) is 0 Å². The van der Waals surface area contributed by atoms with E-state index in [0.717, 1.165) is 15.9 Å². The topological polar surface area (TPSA) is 84.2 Å². The highest BCUT2D eigenvalue weighted by atomic mass is 32.1. The Bertz CT molecular complexity index is 669. The van der Waals surface area contributed by atoms with E-state index in [9.17, 15) is 14.7 Å². The smallest absolute Gasteiger partial charge is 0.329 e. The van der Waals surface area contributed by atoms with E-state index in [1.165, 1.54) is 18.3 Å². The van der Waals surface area contributed by atoms with Gasteiger partial charge in [0, 0.05) is 12.4 Å². The molecule has 6 nitrogen and oxygen atoms in total. The fourth-order valence-corrected chi connectivity index (χ4v) is 3.37. The second kappa shape index (κ2) is 5.48. The van der Waals surface area contributed by atoms with Crippen LogP contribution in [0.2, 0.25) is 0 Å². The van der Waals surface area contributed by atoms with Gasteiger partial charge in [0.25, 0.3) is 5.91 Å². The Balaban J connectivity index is 2.29. The summed E-state index contributed by atoms with van der Waals surface area (Å²) in [7, 11) is 1.83. The summed E-state index contributed by atoms with van der Waals surface area (Å²) in [5.74, 6) is -1.37. The van der Waals surface area contributed by atoms with Crippen LogP contribution in [-0.2, 0) is 11.8 Å². The number of carboxylic acids is 1. The summed E-state index contributed by atoms with van der Waals surface area (Å²) in [6.07, 6.45) is 1.07. The number of carboxylic acid groups (broad SMARTS) is 1. The normalized spacial score (nSPS) is 14.1. The number of carbonyl (C=O) groups is 2. The van der Waals surface area contributed by atoms with Crippen LogP contribution in [0.25, 0.3) is 10.2 Å². The molecule has 0 aromatic carbocycles. The first-order valence-corrected chi connectivity index (χ1v) is 7.59. The van der Waals surface area contributed by atoms with Gasteiger partial charge in [0.15, 0.2) is 0 Å². The SMILES string of the molecule is CCC[C@@](C)(NC(=O)c1cc2c(C)nn(C)c2s1)C(=O)O. The number of rotatable bonds is 5. The lowest BCUT2D eigenvalue weighted by molar-refractivity contribution is -0.144. The number of aryl methyl sites for hydroxylation is 2. The van der Waals surface area contributed by atoms with E-state index in [1.54, 1.807) is 10.7 Å². The van der Waals surface area contributed by atoms with Crippen LogP contribution in [0, 0.1) is 6.92 Å². The van der Waals surface area contributed by atoms with Crippen LogP contribution in [0.3, 0.4) is 0 Å². The van der Waals surface area contributed by atoms with Gasteiger partial charge in [0.1, 0.15) is 10.4 Å². The Kier molecular flexibility index (Phi) is 4.04. The van der Waals surface area contributed by atoms with E-state index in [2.05, 4.69) is 10.4 Å². The van der Waals surface area contributed by atoms with Crippen LogP contribution in [0.15, 0.2) is 6.07 Å². The summed E-state index contributed by atoms with van der Waals surface area (Å²) in [6, 6.07) is 1.77. The molecule has 2 N–H and O–H groups in total. The van der Waals surface area contributed by atoms with Crippen molar-refractivity contribution >= 4 is 33.4 Å². The Morgan fingerprint density at radius 1 is 1.52 bits per heavy atom. The molecule has 0 aliphatic heterocycles. The molecule has 2 aromatic heterocycles. The predicted octanol–water partition coefficient (Wildman–Crippen LogP) is 2.32. The summed E-state index contributed by atoms with van der Waals surface area (Å²) in [5.41, 5.74) is -0.382. The van der Waals surface area contributed by atoms with E-state index >= 15 is 0 Å². The van der Waals surface area contributed by atoms with E-state index in [1.807, 2.05) is 20.9 Å². The molecule has 0 unspecified atom stereocenters. The summed E-state index contributed by atoms with van der Waals surface area (Å²) in [6.45, 7) is 5.31. The molecule has 2 aromatic rings. The lowest BCUT2D eigenvalue weighted by Crippen LogP contribution is -2.51. The Morgan fingerprint density at radius 3 is 2.71 bits per heavy atom. The molecular formula is C14H19N3O3S. The van der Waals surface area contributed by atoms with Crippen molar-refractivity contribution in [1.29, 1.82) is 0 Å². The highest BCUT2D eigenvalue weighted by molar-refractivity contribution is 7.20. The molecule has 0 spiro atoms. The second-order valence-corrected chi connectivity index (χ2v) is 6.41. The van der Waals surface area contributed by atoms with Crippen molar-refractivity contribution in [3.05, 3.63) is 16.6 Å². The van der Waals surface area contributed by atoms with E-state index < -0.39 is 11.5 Å². The van der Waals surface area contributed by atoms with Crippen molar-refractivity contribution in [1.82, 2.24) is 15.1 Å². The molecule has 2 heterocycles. The fourth-order valence-electron chi connectivity index (χ4n) is 2.35. The minimum atomic E-state index is -1.24. The molecule has 0 radical (unpaired) electrons. The molecule has 1 amide bonds. The van der Waals surface area contributed by atoms with Crippen molar-refractivity contribution in [2.45, 2.75) is 39.2 Å². The first kappa shape index (κ1) is 15.5. The monoisotopic (exact) mass is 309 g/mol. The number of aliphatic carboxylic acids is 1. The maximum atomic E-state index is 12.3. The summed E-state index contributed by atoms with van der Waals surface area (Å²) in [5, 5.41) is 17.2. The third-order valence-corrected chi connectivity index (χ3v) is 4.73. The lowest BCUT2D eigenvalue weighted by atomic mass is 9.96. The van der Waals surface area contributed by atoms with Gasteiger partial charge in [0.2, 0.25) is 0 Å². The molecule has 0 bridgehead atoms. The maximum absolute atomic E-state index is 12.3. The molecule has 1 atom stereocenters. The number of amides is 1. The minimum Gasteiger partial charge on any atom is -0.480 e. The molecule has 2 rings (SSSR count). The van der Waals surface area contributed by atoms with Gasteiger partial charge in [0.05, 0.1) is 10.6 Å². The zero-order chi connectivity index (χ0) is 15.8. The van der Waals surface area contributed by atoms with E-state index in [4.69, 9.17) is 0 Å². The van der Waals surface area contributed by atoms with Gasteiger partial charge >= 0.3 is 5.97 Å². The molecule has 21 heavy (non-hydrogen) atoms. The number of nitrogens with zero attached hydrogens (tertiary/aromatic N) is 2. The second-order valence-electron chi connectivity index (χ2n) is 5.38. The van der Waals surface area contributed by atoms with Gasteiger partial charge in [-0.25, -0.2) is 4.79 Å². The van der Waals surface area contributed by atoms with Gasteiger partial charge in [-0.3, -0.25) is 9.48 Å². The van der Waals surface area contributed by atoms with Crippen LogP contribution in [0.5, 0.6) is 0 Å². The number of hydrogen-bond donors (Lipinski definition) is 2. The predicted molar refractivity (Wildman–Crippen MR) is 81.7 cm³/mol. The number of aromatic nitrogens is 2. The average Bonchev–Trinajstić information content (AvgIpc) is 2.92. The molecule has 0 fully saturated rings. The lowest BCUT2D eigenvalue weighted by Gasteiger charge is -2.25. The molecular weight excluding hydrogens is 290 g/mol. The number of thiophene rings is 1. The van der Waals surface area contributed by atoms with Crippen LogP contribution in [0.1, 0.15) is 42.1 Å². The van der Waals surface area contributed by atoms with Gasteiger partial charge in [-0.1, -0.05) is 13.3 Å². The highest BCUT2D eigenvalue weighted by Crippen LogP contribution is 2.28. The number of nitrogens with one attached hydrogen (secondary N) is 1. The van der Waals surface area contributed by atoms with Gasteiger partial charge < -0.3 is 10.4 Å². The van der Waals surface area contributed by atoms with Crippen molar-refractivity contribution < 1.29 is 14.7 Å². The maximum Gasteiger partial charge on any atom is 0.329 e. The Hall–Kier alpha value is -1.89. The van der Waals surface area contributed by atoms with Gasteiger partial charge in [-0.15, -0.1) is 11.3 Å². The molecule has 0 aliphatic rings. The van der Waals surface area contributed by atoms with Gasteiger partial charge in [-0.05, 0) is 26.3 Å². The summed E-state index contributed by atoms with van der Waals surface area (Å²) < 4.78 is 1.73. The zero-order valence-corrected chi connectivity index (χ0v) is 13.4. The van der Waals surface area contributed by atoms with Crippen LogP contribution < -0.4 is 5.32 Å². The summed E-state index contributed by atoms with van der Waals surface area (Å²) in [4.78, 5) is 25.1. The fraction of sp³-hybridized carbons (Fsp3) is 0.500. The third kappa shape index (κ3) is 2.78. The Labute approximate surface area is 126 Å². The van der Waals surface area contributed by atoms with Crippen molar-refractivity contribution in [2.24, 2.45) is 7.05 Å².